The van der Waals surface area contributed by atoms with Crippen molar-refractivity contribution < 1.29 is 9.84 Å². The van der Waals surface area contributed by atoms with E-state index in [0.29, 0.717) is 0 Å². The van der Waals surface area contributed by atoms with Gasteiger partial charge >= 0.3 is 0 Å². The van der Waals surface area contributed by atoms with E-state index < -0.39 is 0 Å². The SMILES string of the molecule is COc1cccc(C(CO)NC(C)c2ccc3ccccc3c2)c1. The van der Waals surface area contributed by atoms with Gasteiger partial charge < -0.3 is 15.2 Å². The van der Waals surface area contributed by atoms with Gasteiger partial charge in [0.1, 0.15) is 5.75 Å². The lowest BCUT2D eigenvalue weighted by molar-refractivity contribution is 0.235. The van der Waals surface area contributed by atoms with E-state index in [-0.39, 0.29) is 18.7 Å². The highest BCUT2D eigenvalue weighted by Gasteiger charge is 2.15. The molecule has 2 N–H and O–H groups in total. The van der Waals surface area contributed by atoms with Crippen LogP contribution in [0, 0.1) is 0 Å². The molecule has 24 heavy (non-hydrogen) atoms. The molecule has 0 fully saturated rings. The van der Waals surface area contributed by atoms with Crippen LogP contribution in [0.2, 0.25) is 0 Å². The summed E-state index contributed by atoms with van der Waals surface area (Å²) in [6.45, 7) is 2.15. The molecule has 3 heteroatoms. The summed E-state index contributed by atoms with van der Waals surface area (Å²) < 4.78 is 5.28. The Morgan fingerprint density at radius 2 is 1.71 bits per heavy atom. The molecular formula is C21H23NO2. The number of rotatable bonds is 6. The van der Waals surface area contributed by atoms with Gasteiger partial charge in [0, 0.05) is 6.04 Å². The smallest absolute Gasteiger partial charge is 0.119 e. The van der Waals surface area contributed by atoms with E-state index in [2.05, 4.69) is 48.6 Å². The van der Waals surface area contributed by atoms with Crippen LogP contribution in [-0.4, -0.2) is 18.8 Å². The monoisotopic (exact) mass is 321 g/mol. The number of aliphatic hydroxyl groups excluding tert-OH is 1. The Balaban J connectivity index is 1.81. The summed E-state index contributed by atoms with van der Waals surface area (Å²) in [6, 6.07) is 22.6. The molecule has 2 atom stereocenters. The molecule has 3 rings (SSSR count). The van der Waals surface area contributed by atoms with E-state index in [4.69, 9.17) is 4.74 Å². The van der Waals surface area contributed by atoms with Gasteiger partial charge in [-0.1, -0.05) is 48.5 Å². The van der Waals surface area contributed by atoms with Gasteiger partial charge in [-0.3, -0.25) is 0 Å². The fourth-order valence-electron chi connectivity index (χ4n) is 2.99. The minimum Gasteiger partial charge on any atom is -0.497 e. The topological polar surface area (TPSA) is 41.5 Å². The van der Waals surface area contributed by atoms with Gasteiger partial charge in [0.2, 0.25) is 0 Å². The molecule has 3 aromatic carbocycles. The van der Waals surface area contributed by atoms with Crippen LogP contribution in [0.1, 0.15) is 30.1 Å². The molecule has 2 unspecified atom stereocenters. The van der Waals surface area contributed by atoms with Crippen LogP contribution in [-0.2, 0) is 0 Å². The van der Waals surface area contributed by atoms with Crippen LogP contribution in [0.15, 0.2) is 66.7 Å². The molecule has 0 aromatic heterocycles. The van der Waals surface area contributed by atoms with E-state index in [9.17, 15) is 5.11 Å². The largest absolute Gasteiger partial charge is 0.497 e. The molecule has 0 radical (unpaired) electrons. The fourth-order valence-corrected chi connectivity index (χ4v) is 2.99. The van der Waals surface area contributed by atoms with E-state index in [1.165, 1.54) is 16.3 Å². The van der Waals surface area contributed by atoms with Gasteiger partial charge in [0.25, 0.3) is 0 Å². The first-order valence-electron chi connectivity index (χ1n) is 8.21. The maximum Gasteiger partial charge on any atom is 0.119 e. The van der Waals surface area contributed by atoms with Gasteiger partial charge in [0.15, 0.2) is 0 Å². The van der Waals surface area contributed by atoms with E-state index in [1.54, 1.807) is 7.11 Å². The zero-order chi connectivity index (χ0) is 16.9. The first kappa shape index (κ1) is 16.5. The lowest BCUT2D eigenvalue weighted by Crippen LogP contribution is -2.27. The molecular weight excluding hydrogens is 298 g/mol. The van der Waals surface area contributed by atoms with Crippen LogP contribution in [0.5, 0.6) is 5.75 Å². The summed E-state index contributed by atoms with van der Waals surface area (Å²) in [5.74, 6) is 0.797. The molecule has 3 aromatic rings. The minimum absolute atomic E-state index is 0.0328. The van der Waals surface area contributed by atoms with E-state index >= 15 is 0 Å². The number of hydrogen-bond acceptors (Lipinski definition) is 3. The average molecular weight is 321 g/mol. The molecule has 0 spiro atoms. The van der Waals surface area contributed by atoms with Crippen molar-refractivity contribution in [2.24, 2.45) is 0 Å². The molecule has 0 saturated heterocycles. The lowest BCUT2D eigenvalue weighted by Gasteiger charge is -2.23. The minimum atomic E-state index is -0.137. The van der Waals surface area contributed by atoms with Crippen molar-refractivity contribution in [3.05, 3.63) is 77.9 Å². The van der Waals surface area contributed by atoms with Crippen molar-refractivity contribution in [3.8, 4) is 5.75 Å². The van der Waals surface area contributed by atoms with Crippen molar-refractivity contribution in [1.82, 2.24) is 5.32 Å². The highest BCUT2D eigenvalue weighted by atomic mass is 16.5. The molecule has 0 saturated carbocycles. The Morgan fingerprint density at radius 1 is 0.917 bits per heavy atom. The van der Waals surface area contributed by atoms with Crippen LogP contribution in [0.25, 0.3) is 10.8 Å². The second-order valence-corrected chi connectivity index (χ2v) is 6.01. The number of aliphatic hydroxyl groups is 1. The summed E-state index contributed by atoms with van der Waals surface area (Å²) in [5.41, 5.74) is 2.22. The Hall–Kier alpha value is -2.36. The molecule has 0 bridgehead atoms. The number of ether oxygens (including phenoxy) is 1. The van der Waals surface area contributed by atoms with Crippen molar-refractivity contribution >= 4 is 10.8 Å². The molecule has 0 heterocycles. The number of nitrogens with one attached hydrogen (secondary N) is 1. The maximum absolute atomic E-state index is 9.81. The zero-order valence-corrected chi connectivity index (χ0v) is 14.1. The maximum atomic E-state index is 9.81. The predicted molar refractivity (Wildman–Crippen MR) is 98.3 cm³/mol. The van der Waals surface area contributed by atoms with Crippen LogP contribution in [0.4, 0.5) is 0 Å². The molecule has 0 aliphatic carbocycles. The first-order chi connectivity index (χ1) is 11.7. The van der Waals surface area contributed by atoms with Crippen molar-refractivity contribution in [1.29, 1.82) is 0 Å². The second kappa shape index (κ2) is 7.47. The molecule has 3 nitrogen and oxygen atoms in total. The Labute approximate surface area is 142 Å². The van der Waals surface area contributed by atoms with Crippen LogP contribution >= 0.6 is 0 Å². The van der Waals surface area contributed by atoms with E-state index in [0.717, 1.165) is 11.3 Å². The van der Waals surface area contributed by atoms with Gasteiger partial charge in [-0.2, -0.15) is 0 Å². The molecule has 0 aliphatic heterocycles. The first-order valence-corrected chi connectivity index (χ1v) is 8.21. The molecule has 0 amide bonds. The summed E-state index contributed by atoms with van der Waals surface area (Å²) >= 11 is 0. The zero-order valence-electron chi connectivity index (χ0n) is 14.1. The lowest BCUT2D eigenvalue weighted by atomic mass is 10.0. The average Bonchev–Trinajstić information content (AvgIpc) is 2.65. The van der Waals surface area contributed by atoms with Gasteiger partial charge in [-0.15, -0.1) is 0 Å². The number of hydrogen-bond donors (Lipinski definition) is 2. The van der Waals surface area contributed by atoms with Crippen molar-refractivity contribution in [3.63, 3.8) is 0 Å². The van der Waals surface area contributed by atoms with Gasteiger partial charge in [-0.25, -0.2) is 0 Å². The van der Waals surface area contributed by atoms with Crippen LogP contribution < -0.4 is 10.1 Å². The van der Waals surface area contributed by atoms with Crippen molar-refractivity contribution in [2.45, 2.75) is 19.0 Å². The normalized spacial score (nSPS) is 13.6. The Morgan fingerprint density at radius 3 is 2.46 bits per heavy atom. The Kier molecular flexibility index (Phi) is 5.14. The predicted octanol–water partition coefficient (Wildman–Crippen LogP) is 4.23. The summed E-state index contributed by atoms with van der Waals surface area (Å²) in [7, 11) is 1.65. The highest BCUT2D eigenvalue weighted by molar-refractivity contribution is 5.83. The van der Waals surface area contributed by atoms with Crippen LogP contribution in [0.3, 0.4) is 0 Å². The van der Waals surface area contributed by atoms with Gasteiger partial charge in [0.05, 0.1) is 19.8 Å². The summed E-state index contributed by atoms with van der Waals surface area (Å²) in [5, 5.41) is 15.8. The van der Waals surface area contributed by atoms with E-state index in [1.807, 2.05) is 30.3 Å². The molecule has 124 valence electrons. The number of methoxy groups -OCH3 is 1. The third kappa shape index (κ3) is 3.58. The number of fused-ring (bicyclic) bond motifs is 1. The molecule has 0 aliphatic rings. The second-order valence-electron chi connectivity index (χ2n) is 6.01. The quantitative estimate of drug-likeness (QED) is 0.714. The van der Waals surface area contributed by atoms with Crippen molar-refractivity contribution in [2.75, 3.05) is 13.7 Å². The van der Waals surface area contributed by atoms with Gasteiger partial charge in [-0.05, 0) is 47.0 Å². The summed E-state index contributed by atoms with van der Waals surface area (Å²) in [4.78, 5) is 0. The number of benzene rings is 3. The standard InChI is InChI=1S/C21H23NO2/c1-15(17-11-10-16-6-3-4-7-18(16)12-17)22-21(14-23)19-8-5-9-20(13-19)24-2/h3-13,15,21-23H,14H2,1-2H3. The fraction of sp³-hybridized carbons (Fsp3) is 0.238. The third-order valence-corrected chi connectivity index (χ3v) is 4.40. The Bertz CT molecular complexity index is 816. The highest BCUT2D eigenvalue weighted by Crippen LogP contribution is 2.24. The third-order valence-electron chi connectivity index (χ3n) is 4.40. The summed E-state index contributed by atoms with van der Waals surface area (Å²) in [6.07, 6.45) is 0.